The molecule has 0 amide bonds. The number of primary sulfonamides is 1. The molecule has 1 fully saturated rings. The van der Waals surface area contributed by atoms with Gasteiger partial charge in [0.1, 0.15) is 5.75 Å². The fraction of sp³-hybridized carbons (Fsp3) is 0.409. The Labute approximate surface area is 184 Å². The van der Waals surface area contributed by atoms with Gasteiger partial charge in [-0.25, -0.2) is 13.6 Å². The van der Waals surface area contributed by atoms with E-state index in [2.05, 4.69) is 32.7 Å². The number of aliphatic imine (C=N–C) groups is 1. The molecule has 1 unspecified atom stereocenters. The van der Waals surface area contributed by atoms with E-state index in [1.54, 1.807) is 26.3 Å². The number of methoxy groups -OCH3 is 1. The zero-order chi connectivity index (χ0) is 22.3. The Kier molecular flexibility index (Phi) is 7.89. The lowest BCUT2D eigenvalue weighted by Gasteiger charge is -2.29. The summed E-state index contributed by atoms with van der Waals surface area (Å²) in [5.41, 5.74) is 2.17. The fourth-order valence-electron chi connectivity index (χ4n) is 3.73. The van der Waals surface area contributed by atoms with Gasteiger partial charge in [-0.2, -0.15) is 0 Å². The molecule has 1 aliphatic heterocycles. The van der Waals surface area contributed by atoms with E-state index in [0.29, 0.717) is 12.5 Å². The quantitative estimate of drug-likeness (QED) is 0.423. The van der Waals surface area contributed by atoms with Crippen molar-refractivity contribution in [1.29, 1.82) is 0 Å². The number of guanidine groups is 1. The third kappa shape index (κ3) is 6.43. The minimum atomic E-state index is -3.68. The maximum atomic E-state index is 11.4. The number of nitrogens with zero attached hydrogens (tertiary/aromatic N) is 2. The Morgan fingerprint density at radius 2 is 1.74 bits per heavy atom. The maximum absolute atomic E-state index is 11.4. The van der Waals surface area contributed by atoms with Crippen LogP contribution in [0.4, 0.5) is 0 Å². The van der Waals surface area contributed by atoms with E-state index in [9.17, 15) is 8.42 Å². The molecule has 0 spiro atoms. The van der Waals surface area contributed by atoms with Gasteiger partial charge >= 0.3 is 0 Å². The minimum Gasteiger partial charge on any atom is -0.497 e. The van der Waals surface area contributed by atoms with Crippen molar-refractivity contribution in [2.75, 3.05) is 33.8 Å². The fourth-order valence-corrected chi connectivity index (χ4v) is 4.25. The summed E-state index contributed by atoms with van der Waals surface area (Å²) in [6.07, 6.45) is 2.43. The van der Waals surface area contributed by atoms with Crippen molar-refractivity contribution in [2.45, 2.75) is 30.3 Å². The van der Waals surface area contributed by atoms with Crippen molar-refractivity contribution < 1.29 is 13.2 Å². The monoisotopic (exact) mass is 445 g/mol. The highest BCUT2D eigenvalue weighted by Crippen LogP contribution is 2.26. The van der Waals surface area contributed by atoms with Gasteiger partial charge in [-0.1, -0.05) is 24.3 Å². The molecule has 9 heteroatoms. The lowest BCUT2D eigenvalue weighted by molar-refractivity contribution is 0.245. The Morgan fingerprint density at radius 3 is 2.29 bits per heavy atom. The smallest absolute Gasteiger partial charge is 0.238 e. The summed E-state index contributed by atoms with van der Waals surface area (Å²) >= 11 is 0. The van der Waals surface area contributed by atoms with E-state index in [4.69, 9.17) is 9.88 Å². The van der Waals surface area contributed by atoms with Crippen LogP contribution in [0.5, 0.6) is 5.75 Å². The molecule has 2 aromatic rings. The van der Waals surface area contributed by atoms with Gasteiger partial charge in [0.2, 0.25) is 10.0 Å². The molecule has 0 aliphatic carbocycles. The predicted octanol–water partition coefficient (Wildman–Crippen LogP) is 1.84. The Bertz CT molecular complexity index is 969. The van der Waals surface area contributed by atoms with Gasteiger partial charge in [0, 0.05) is 20.1 Å². The van der Waals surface area contributed by atoms with Gasteiger partial charge in [-0.05, 0) is 61.3 Å². The van der Waals surface area contributed by atoms with Gasteiger partial charge in [-0.15, -0.1) is 0 Å². The lowest BCUT2D eigenvalue weighted by Crippen LogP contribution is -2.42. The van der Waals surface area contributed by atoms with Gasteiger partial charge in [-0.3, -0.25) is 9.89 Å². The molecule has 4 N–H and O–H groups in total. The van der Waals surface area contributed by atoms with Crippen LogP contribution >= 0.6 is 0 Å². The number of sulfonamides is 1. The molecule has 0 radical (unpaired) electrons. The van der Waals surface area contributed by atoms with E-state index in [1.165, 1.54) is 30.5 Å². The predicted molar refractivity (Wildman–Crippen MR) is 123 cm³/mol. The van der Waals surface area contributed by atoms with Gasteiger partial charge in [0.05, 0.1) is 18.0 Å². The van der Waals surface area contributed by atoms with E-state index >= 15 is 0 Å². The normalized spacial score (nSPS) is 16.2. The van der Waals surface area contributed by atoms with Crippen LogP contribution in [-0.2, 0) is 16.6 Å². The van der Waals surface area contributed by atoms with Gasteiger partial charge in [0.15, 0.2) is 5.96 Å². The second-order valence-electron chi connectivity index (χ2n) is 7.53. The molecule has 1 heterocycles. The van der Waals surface area contributed by atoms with E-state index < -0.39 is 10.0 Å². The number of ether oxygens (including phenoxy) is 1. The molecule has 2 aromatic carbocycles. The first-order valence-corrected chi connectivity index (χ1v) is 11.9. The van der Waals surface area contributed by atoms with Gasteiger partial charge < -0.3 is 15.4 Å². The number of hydrogen-bond donors (Lipinski definition) is 3. The zero-order valence-electron chi connectivity index (χ0n) is 18.0. The van der Waals surface area contributed by atoms with Crippen LogP contribution in [0, 0.1) is 0 Å². The number of hydrogen-bond acceptors (Lipinski definition) is 5. The first-order chi connectivity index (χ1) is 14.9. The number of nitrogens with two attached hydrogens (primary N) is 1. The highest BCUT2D eigenvalue weighted by Gasteiger charge is 2.23. The molecule has 1 atom stereocenters. The van der Waals surface area contributed by atoms with Crippen molar-refractivity contribution in [3.63, 3.8) is 0 Å². The van der Waals surface area contributed by atoms with Gasteiger partial charge in [0.25, 0.3) is 0 Å². The summed E-state index contributed by atoms with van der Waals surface area (Å²) in [7, 11) is -0.275. The molecule has 8 nitrogen and oxygen atoms in total. The second kappa shape index (κ2) is 10.6. The van der Waals surface area contributed by atoms with Crippen LogP contribution in [-0.4, -0.2) is 53.1 Å². The van der Waals surface area contributed by atoms with Crippen molar-refractivity contribution in [2.24, 2.45) is 10.1 Å². The number of likely N-dealkylation sites (tertiary alicyclic amines) is 1. The summed E-state index contributed by atoms with van der Waals surface area (Å²) in [6.45, 7) is 3.40. The minimum absolute atomic E-state index is 0.103. The Morgan fingerprint density at radius 1 is 1.10 bits per heavy atom. The molecule has 1 aliphatic rings. The average Bonchev–Trinajstić information content (AvgIpc) is 3.30. The van der Waals surface area contributed by atoms with Crippen molar-refractivity contribution in [3.8, 4) is 5.75 Å². The SMILES string of the molecule is CN=C(NCc1ccc(S(N)(=O)=O)cc1)NCC(c1ccc(OC)cc1)N1CCCC1. The third-order valence-electron chi connectivity index (χ3n) is 5.48. The zero-order valence-corrected chi connectivity index (χ0v) is 18.9. The van der Waals surface area contributed by atoms with Crippen LogP contribution in [0.3, 0.4) is 0 Å². The maximum Gasteiger partial charge on any atom is 0.238 e. The van der Waals surface area contributed by atoms with Crippen molar-refractivity contribution >= 4 is 16.0 Å². The van der Waals surface area contributed by atoms with Crippen LogP contribution in [0.1, 0.15) is 30.0 Å². The van der Waals surface area contributed by atoms with Crippen LogP contribution in [0.15, 0.2) is 58.4 Å². The molecule has 168 valence electrons. The van der Waals surface area contributed by atoms with Crippen LogP contribution in [0.25, 0.3) is 0 Å². The standard InChI is InChI=1S/C22H31N5O3S/c1-24-22(25-15-17-5-11-20(12-6-17)31(23,28)29)26-16-21(27-13-3-4-14-27)18-7-9-19(30-2)10-8-18/h5-12,21H,3-4,13-16H2,1-2H3,(H2,23,28,29)(H2,24,25,26). The first-order valence-electron chi connectivity index (χ1n) is 10.3. The summed E-state index contributed by atoms with van der Waals surface area (Å²) in [6, 6.07) is 15.0. The van der Waals surface area contributed by atoms with E-state index in [-0.39, 0.29) is 10.9 Å². The second-order valence-corrected chi connectivity index (χ2v) is 9.09. The number of nitrogens with one attached hydrogen (secondary N) is 2. The highest BCUT2D eigenvalue weighted by molar-refractivity contribution is 7.89. The largest absolute Gasteiger partial charge is 0.497 e. The molecule has 0 aromatic heterocycles. The Hall–Kier alpha value is -2.62. The number of benzene rings is 2. The number of rotatable bonds is 8. The molecular formula is C22H31N5O3S. The van der Waals surface area contributed by atoms with Crippen LogP contribution in [0.2, 0.25) is 0 Å². The van der Waals surface area contributed by atoms with E-state index in [0.717, 1.165) is 30.9 Å². The summed E-state index contributed by atoms with van der Waals surface area (Å²) in [5, 5.41) is 11.9. The lowest BCUT2D eigenvalue weighted by atomic mass is 10.1. The summed E-state index contributed by atoms with van der Waals surface area (Å²) in [4.78, 5) is 6.92. The highest BCUT2D eigenvalue weighted by atomic mass is 32.2. The molecule has 0 bridgehead atoms. The molecular weight excluding hydrogens is 414 g/mol. The Balaban J connectivity index is 1.61. The average molecular weight is 446 g/mol. The summed E-state index contributed by atoms with van der Waals surface area (Å²) < 4.78 is 28.1. The molecule has 3 rings (SSSR count). The van der Waals surface area contributed by atoms with Crippen molar-refractivity contribution in [1.82, 2.24) is 15.5 Å². The van der Waals surface area contributed by atoms with Crippen LogP contribution < -0.4 is 20.5 Å². The summed E-state index contributed by atoms with van der Waals surface area (Å²) in [5.74, 6) is 1.54. The third-order valence-corrected chi connectivity index (χ3v) is 6.41. The van der Waals surface area contributed by atoms with E-state index in [1.807, 2.05) is 12.1 Å². The van der Waals surface area contributed by atoms with Crippen molar-refractivity contribution in [3.05, 3.63) is 59.7 Å². The molecule has 0 saturated carbocycles. The topological polar surface area (TPSA) is 109 Å². The molecule has 1 saturated heterocycles. The first kappa shape index (κ1) is 23.1. The molecule has 31 heavy (non-hydrogen) atoms.